The van der Waals surface area contributed by atoms with E-state index in [1.807, 2.05) is 24.3 Å². The molecular formula is C17H18FNOS. The predicted octanol–water partition coefficient (Wildman–Crippen LogP) is 4.68. The van der Waals surface area contributed by atoms with E-state index < -0.39 is 0 Å². The van der Waals surface area contributed by atoms with Gasteiger partial charge in [0.1, 0.15) is 5.82 Å². The van der Waals surface area contributed by atoms with Crippen LogP contribution >= 0.6 is 11.8 Å². The molecule has 0 spiro atoms. The first-order chi connectivity index (χ1) is 10.1. The molecule has 0 bridgehead atoms. The predicted molar refractivity (Wildman–Crippen MR) is 86.3 cm³/mol. The number of halogens is 1. The van der Waals surface area contributed by atoms with Crippen LogP contribution in [0.2, 0.25) is 0 Å². The van der Waals surface area contributed by atoms with Gasteiger partial charge in [0.2, 0.25) is 5.91 Å². The van der Waals surface area contributed by atoms with Crippen molar-refractivity contribution in [1.29, 1.82) is 0 Å². The highest BCUT2D eigenvalue weighted by molar-refractivity contribution is 8.00. The molecule has 2 nitrogen and oxygen atoms in total. The Hall–Kier alpha value is -1.81. The lowest BCUT2D eigenvalue weighted by atomic mass is 10.0. The summed E-state index contributed by atoms with van der Waals surface area (Å²) in [6.07, 6.45) is 0. The number of hydrogen-bond donors (Lipinski definition) is 1. The van der Waals surface area contributed by atoms with Crippen LogP contribution in [0, 0.1) is 5.82 Å². The van der Waals surface area contributed by atoms with Crippen LogP contribution in [0.4, 0.5) is 10.1 Å². The quantitative estimate of drug-likeness (QED) is 0.813. The summed E-state index contributed by atoms with van der Waals surface area (Å²) in [6.45, 7) is 4.25. The summed E-state index contributed by atoms with van der Waals surface area (Å²) in [5, 5.41) is 2.82. The topological polar surface area (TPSA) is 29.1 Å². The first-order valence-corrected chi connectivity index (χ1v) is 7.82. The Kier molecular flexibility index (Phi) is 5.39. The van der Waals surface area contributed by atoms with Gasteiger partial charge in [-0.05, 0) is 35.7 Å². The highest BCUT2D eigenvalue weighted by Crippen LogP contribution is 2.22. The number of amides is 1. The molecule has 0 aliphatic carbocycles. The van der Waals surface area contributed by atoms with Gasteiger partial charge in [0, 0.05) is 10.6 Å². The summed E-state index contributed by atoms with van der Waals surface area (Å²) < 4.78 is 13.4. The number of rotatable bonds is 5. The Labute approximate surface area is 128 Å². The molecule has 0 aromatic heterocycles. The van der Waals surface area contributed by atoms with E-state index in [1.165, 1.54) is 23.4 Å². The molecule has 21 heavy (non-hydrogen) atoms. The van der Waals surface area contributed by atoms with E-state index in [0.29, 0.717) is 10.8 Å². The van der Waals surface area contributed by atoms with Crippen molar-refractivity contribution in [2.24, 2.45) is 0 Å². The Morgan fingerprint density at radius 1 is 1.14 bits per heavy atom. The molecule has 0 atom stereocenters. The standard InChI is InChI=1S/C17H18FNOS/c1-12(2)13-7-9-14(10-8-13)19-17(20)11-21-16-6-4-3-5-15(16)18/h3-10,12H,11H2,1-2H3,(H,19,20). The van der Waals surface area contributed by atoms with Gasteiger partial charge in [0.05, 0.1) is 5.75 Å². The third-order valence-corrected chi connectivity index (χ3v) is 4.11. The second kappa shape index (κ2) is 7.27. The molecule has 110 valence electrons. The van der Waals surface area contributed by atoms with Crippen LogP contribution < -0.4 is 5.32 Å². The summed E-state index contributed by atoms with van der Waals surface area (Å²) in [7, 11) is 0. The molecule has 2 rings (SSSR count). The molecule has 0 aliphatic heterocycles. The minimum Gasteiger partial charge on any atom is -0.325 e. The van der Waals surface area contributed by atoms with Crippen molar-refractivity contribution in [3.8, 4) is 0 Å². The van der Waals surface area contributed by atoms with Gasteiger partial charge in [0.15, 0.2) is 0 Å². The smallest absolute Gasteiger partial charge is 0.234 e. The Morgan fingerprint density at radius 2 is 1.81 bits per heavy atom. The molecule has 2 aromatic carbocycles. The monoisotopic (exact) mass is 303 g/mol. The minimum atomic E-state index is -0.295. The van der Waals surface area contributed by atoms with Gasteiger partial charge in [0.25, 0.3) is 0 Å². The second-order valence-electron chi connectivity index (χ2n) is 5.04. The maximum atomic E-state index is 13.4. The molecular weight excluding hydrogens is 285 g/mol. The van der Waals surface area contributed by atoms with Gasteiger partial charge in [-0.3, -0.25) is 4.79 Å². The van der Waals surface area contributed by atoms with E-state index in [0.717, 1.165) is 5.69 Å². The third kappa shape index (κ3) is 4.60. The Morgan fingerprint density at radius 3 is 2.43 bits per heavy atom. The fourth-order valence-electron chi connectivity index (χ4n) is 1.85. The van der Waals surface area contributed by atoms with Crippen LogP contribution in [0.15, 0.2) is 53.4 Å². The zero-order valence-electron chi connectivity index (χ0n) is 12.1. The number of carbonyl (C=O) groups excluding carboxylic acids is 1. The number of hydrogen-bond acceptors (Lipinski definition) is 2. The molecule has 0 radical (unpaired) electrons. The van der Waals surface area contributed by atoms with Crippen molar-refractivity contribution in [2.45, 2.75) is 24.7 Å². The van der Waals surface area contributed by atoms with Crippen LogP contribution in [0.3, 0.4) is 0 Å². The van der Waals surface area contributed by atoms with Gasteiger partial charge in [-0.25, -0.2) is 4.39 Å². The molecule has 0 fully saturated rings. The van der Waals surface area contributed by atoms with Crippen LogP contribution in [0.25, 0.3) is 0 Å². The summed E-state index contributed by atoms with van der Waals surface area (Å²) >= 11 is 1.20. The van der Waals surface area contributed by atoms with Gasteiger partial charge in [-0.2, -0.15) is 0 Å². The van der Waals surface area contributed by atoms with Crippen molar-refractivity contribution in [2.75, 3.05) is 11.1 Å². The van der Waals surface area contributed by atoms with Crippen molar-refractivity contribution in [3.05, 3.63) is 59.9 Å². The first-order valence-electron chi connectivity index (χ1n) is 6.83. The lowest BCUT2D eigenvalue weighted by molar-refractivity contribution is -0.113. The second-order valence-corrected chi connectivity index (χ2v) is 6.06. The summed E-state index contributed by atoms with van der Waals surface area (Å²) in [5.41, 5.74) is 1.99. The van der Waals surface area contributed by atoms with E-state index in [4.69, 9.17) is 0 Å². The third-order valence-electron chi connectivity index (χ3n) is 3.06. The highest BCUT2D eigenvalue weighted by atomic mass is 32.2. The van der Waals surface area contributed by atoms with E-state index in [1.54, 1.807) is 18.2 Å². The first kappa shape index (κ1) is 15.6. The average Bonchev–Trinajstić information content (AvgIpc) is 2.47. The van der Waals surface area contributed by atoms with Crippen molar-refractivity contribution >= 4 is 23.4 Å². The highest BCUT2D eigenvalue weighted by Gasteiger charge is 2.07. The zero-order chi connectivity index (χ0) is 15.2. The van der Waals surface area contributed by atoms with Crippen molar-refractivity contribution in [3.63, 3.8) is 0 Å². The van der Waals surface area contributed by atoms with Gasteiger partial charge < -0.3 is 5.32 Å². The maximum absolute atomic E-state index is 13.4. The van der Waals surface area contributed by atoms with Crippen molar-refractivity contribution < 1.29 is 9.18 Å². The Bertz CT molecular complexity index is 610. The number of carbonyl (C=O) groups is 1. The van der Waals surface area contributed by atoms with Crippen molar-refractivity contribution in [1.82, 2.24) is 0 Å². The summed E-state index contributed by atoms with van der Waals surface area (Å²) in [5.74, 6) is 0.218. The molecule has 2 aromatic rings. The zero-order valence-corrected chi connectivity index (χ0v) is 12.9. The van der Waals surface area contributed by atoms with E-state index in [9.17, 15) is 9.18 Å². The maximum Gasteiger partial charge on any atom is 0.234 e. The molecule has 0 aliphatic rings. The lowest BCUT2D eigenvalue weighted by Crippen LogP contribution is -2.14. The normalized spacial score (nSPS) is 10.7. The summed E-state index contributed by atoms with van der Waals surface area (Å²) in [4.78, 5) is 12.4. The minimum absolute atomic E-state index is 0.138. The molecule has 4 heteroatoms. The van der Waals surface area contributed by atoms with E-state index >= 15 is 0 Å². The van der Waals surface area contributed by atoms with E-state index in [-0.39, 0.29) is 17.5 Å². The van der Waals surface area contributed by atoms with Crippen LogP contribution in [0.1, 0.15) is 25.3 Å². The Balaban J connectivity index is 1.88. The van der Waals surface area contributed by atoms with Crippen LogP contribution in [-0.4, -0.2) is 11.7 Å². The van der Waals surface area contributed by atoms with E-state index in [2.05, 4.69) is 19.2 Å². The SMILES string of the molecule is CC(C)c1ccc(NC(=O)CSc2ccccc2F)cc1. The molecule has 0 heterocycles. The summed E-state index contributed by atoms with van der Waals surface area (Å²) in [6, 6.07) is 14.2. The van der Waals surface area contributed by atoms with Crippen LogP contribution in [0.5, 0.6) is 0 Å². The number of nitrogens with one attached hydrogen (secondary N) is 1. The largest absolute Gasteiger partial charge is 0.325 e. The number of thioether (sulfide) groups is 1. The molecule has 0 unspecified atom stereocenters. The van der Waals surface area contributed by atoms with Crippen LogP contribution in [-0.2, 0) is 4.79 Å². The molecule has 1 N–H and O–H groups in total. The number of anilines is 1. The molecule has 1 amide bonds. The average molecular weight is 303 g/mol. The lowest BCUT2D eigenvalue weighted by Gasteiger charge is -2.08. The molecule has 0 saturated heterocycles. The van der Waals surface area contributed by atoms with Gasteiger partial charge in [-0.1, -0.05) is 38.1 Å². The number of benzene rings is 2. The molecule has 0 saturated carbocycles. The van der Waals surface area contributed by atoms with Gasteiger partial charge >= 0.3 is 0 Å². The fraction of sp³-hybridized carbons (Fsp3) is 0.235. The fourth-order valence-corrected chi connectivity index (χ4v) is 2.59. The van der Waals surface area contributed by atoms with Gasteiger partial charge in [-0.15, -0.1) is 11.8 Å².